The van der Waals surface area contributed by atoms with Gasteiger partial charge in [-0.3, -0.25) is 4.68 Å². The fraction of sp³-hybridized carbons (Fsp3) is 0.280. The van der Waals surface area contributed by atoms with Crippen molar-refractivity contribution < 1.29 is 9.47 Å². The van der Waals surface area contributed by atoms with Gasteiger partial charge >= 0.3 is 0 Å². The van der Waals surface area contributed by atoms with Gasteiger partial charge in [-0.1, -0.05) is 41.9 Å². The highest BCUT2D eigenvalue weighted by molar-refractivity contribution is 6.30. The molecule has 4 aromatic rings. The van der Waals surface area contributed by atoms with Gasteiger partial charge in [0.05, 0.1) is 19.8 Å². The largest absolute Gasteiger partial charge is 0.489 e. The Labute approximate surface area is 222 Å². The normalized spacial score (nSPS) is 13.1. The standard InChI is InChI=1S/C25H26ClN5O2.2ClH/c1-18-13-22(23-15-27-25(28-23)30-9-11-32-12-10-30)29-31(18)16-20-14-21(26)7-8-24(20)33-17-19-5-3-2-4-6-19;;/h2-8,13-15H,9-12,16-17H2,1H3,(H,27,28);2*1H. The maximum atomic E-state index is 6.30. The van der Waals surface area contributed by atoms with Crippen LogP contribution in [0.2, 0.25) is 5.02 Å². The van der Waals surface area contributed by atoms with Crippen molar-refractivity contribution in [2.75, 3.05) is 31.2 Å². The number of halogens is 3. The maximum Gasteiger partial charge on any atom is 0.203 e. The number of rotatable bonds is 7. The highest BCUT2D eigenvalue weighted by Crippen LogP contribution is 2.27. The smallest absolute Gasteiger partial charge is 0.203 e. The molecule has 1 aliphatic rings. The lowest BCUT2D eigenvalue weighted by atomic mass is 10.2. The molecule has 5 rings (SSSR count). The summed E-state index contributed by atoms with van der Waals surface area (Å²) >= 11 is 6.30. The number of aromatic nitrogens is 4. The minimum absolute atomic E-state index is 0. The van der Waals surface area contributed by atoms with E-state index in [4.69, 9.17) is 31.2 Å². The van der Waals surface area contributed by atoms with E-state index in [0.717, 1.165) is 66.2 Å². The first-order valence-corrected chi connectivity index (χ1v) is 11.4. The molecule has 3 heterocycles. The number of nitrogens with zero attached hydrogens (tertiary/aromatic N) is 4. The van der Waals surface area contributed by atoms with Crippen molar-refractivity contribution in [2.24, 2.45) is 0 Å². The number of hydrogen-bond acceptors (Lipinski definition) is 5. The van der Waals surface area contributed by atoms with Crippen LogP contribution in [0, 0.1) is 6.92 Å². The van der Waals surface area contributed by atoms with Crippen molar-refractivity contribution in [2.45, 2.75) is 20.1 Å². The number of H-pyrrole nitrogens is 1. The number of nitrogens with one attached hydrogen (secondary N) is 1. The zero-order valence-corrected chi connectivity index (χ0v) is 21.7. The number of aromatic amines is 1. The number of ether oxygens (including phenoxy) is 2. The van der Waals surface area contributed by atoms with Gasteiger partial charge in [-0.05, 0) is 36.8 Å². The molecule has 10 heteroatoms. The van der Waals surface area contributed by atoms with Gasteiger partial charge in [0.25, 0.3) is 0 Å². The van der Waals surface area contributed by atoms with E-state index in [1.807, 2.05) is 60.3 Å². The molecule has 0 amide bonds. The third-order valence-electron chi connectivity index (χ3n) is 5.70. The van der Waals surface area contributed by atoms with Gasteiger partial charge in [0.1, 0.15) is 23.7 Å². The molecule has 1 aliphatic heterocycles. The summed E-state index contributed by atoms with van der Waals surface area (Å²) in [5.41, 5.74) is 4.79. The molecule has 0 atom stereocenters. The molecule has 7 nitrogen and oxygen atoms in total. The van der Waals surface area contributed by atoms with Crippen molar-refractivity contribution in [1.29, 1.82) is 0 Å². The van der Waals surface area contributed by atoms with Crippen LogP contribution >= 0.6 is 36.4 Å². The Kier molecular flexibility index (Phi) is 9.46. The molecule has 0 bridgehead atoms. The van der Waals surface area contributed by atoms with E-state index in [1.54, 1.807) is 0 Å². The van der Waals surface area contributed by atoms with E-state index in [2.05, 4.69) is 22.0 Å². The molecule has 0 unspecified atom stereocenters. The summed E-state index contributed by atoms with van der Waals surface area (Å²) in [5.74, 6) is 1.65. The molecule has 1 saturated heterocycles. The SMILES string of the molecule is Cc1cc(-c2c[nH]c(N3CCOCC3)n2)nn1Cc1cc(Cl)ccc1OCc1ccccc1.Cl.Cl. The number of morpholine rings is 1. The van der Waals surface area contributed by atoms with E-state index in [9.17, 15) is 0 Å². The van der Waals surface area contributed by atoms with Crippen LogP contribution < -0.4 is 9.64 Å². The van der Waals surface area contributed by atoms with Gasteiger partial charge in [-0.25, -0.2) is 4.98 Å². The number of imidazole rings is 1. The number of anilines is 1. The van der Waals surface area contributed by atoms with Crippen molar-refractivity contribution in [3.05, 3.63) is 82.6 Å². The van der Waals surface area contributed by atoms with Crippen LogP contribution in [0.4, 0.5) is 5.95 Å². The second-order valence-electron chi connectivity index (χ2n) is 8.06. The van der Waals surface area contributed by atoms with Gasteiger partial charge in [0.15, 0.2) is 0 Å². The molecule has 0 radical (unpaired) electrons. The minimum atomic E-state index is 0. The van der Waals surface area contributed by atoms with Crippen LogP contribution in [0.5, 0.6) is 5.75 Å². The van der Waals surface area contributed by atoms with E-state index in [0.29, 0.717) is 18.2 Å². The Morgan fingerprint density at radius 1 is 1.03 bits per heavy atom. The highest BCUT2D eigenvalue weighted by Gasteiger charge is 2.17. The average Bonchev–Trinajstić information content (AvgIpc) is 3.47. The summed E-state index contributed by atoms with van der Waals surface area (Å²) in [4.78, 5) is 10.2. The Bertz CT molecular complexity index is 1220. The number of benzene rings is 2. The number of hydrogen-bond donors (Lipinski definition) is 1. The lowest BCUT2D eigenvalue weighted by Crippen LogP contribution is -2.36. The molecule has 0 aliphatic carbocycles. The zero-order valence-electron chi connectivity index (χ0n) is 19.3. The lowest BCUT2D eigenvalue weighted by molar-refractivity contribution is 0.122. The van der Waals surface area contributed by atoms with E-state index >= 15 is 0 Å². The van der Waals surface area contributed by atoms with Crippen LogP contribution in [0.3, 0.4) is 0 Å². The molecule has 0 spiro atoms. The first-order valence-electron chi connectivity index (χ1n) is 11.0. The van der Waals surface area contributed by atoms with Gasteiger partial charge in [0.2, 0.25) is 5.95 Å². The van der Waals surface area contributed by atoms with Gasteiger partial charge in [0, 0.05) is 35.6 Å². The van der Waals surface area contributed by atoms with Crippen molar-refractivity contribution in [1.82, 2.24) is 19.7 Å². The third-order valence-corrected chi connectivity index (χ3v) is 5.93. The monoisotopic (exact) mass is 535 g/mol. The second kappa shape index (κ2) is 12.3. The molecule has 2 aromatic heterocycles. The fourth-order valence-electron chi connectivity index (χ4n) is 3.88. The summed E-state index contributed by atoms with van der Waals surface area (Å²) in [7, 11) is 0. The molecular formula is C25H28Cl3N5O2. The topological polar surface area (TPSA) is 68.2 Å². The molecule has 1 N–H and O–H groups in total. The van der Waals surface area contributed by atoms with Crippen LogP contribution in [-0.2, 0) is 17.9 Å². The van der Waals surface area contributed by atoms with Gasteiger partial charge in [-0.15, -0.1) is 24.8 Å². The van der Waals surface area contributed by atoms with Crippen LogP contribution in [0.1, 0.15) is 16.8 Å². The van der Waals surface area contributed by atoms with E-state index in [1.165, 1.54) is 0 Å². The summed E-state index contributed by atoms with van der Waals surface area (Å²) in [6, 6.07) is 17.9. The lowest BCUT2D eigenvalue weighted by Gasteiger charge is -2.26. The molecule has 186 valence electrons. The Balaban J connectivity index is 0.00000171. The minimum Gasteiger partial charge on any atom is -0.489 e. The predicted octanol–water partition coefficient (Wildman–Crippen LogP) is 5.54. The Morgan fingerprint density at radius 3 is 2.57 bits per heavy atom. The van der Waals surface area contributed by atoms with E-state index in [-0.39, 0.29) is 24.8 Å². The molecule has 35 heavy (non-hydrogen) atoms. The van der Waals surface area contributed by atoms with E-state index < -0.39 is 0 Å². The van der Waals surface area contributed by atoms with Crippen molar-refractivity contribution in [3.63, 3.8) is 0 Å². The summed E-state index contributed by atoms with van der Waals surface area (Å²) in [5, 5.41) is 5.49. The van der Waals surface area contributed by atoms with Crippen molar-refractivity contribution >= 4 is 42.4 Å². The highest BCUT2D eigenvalue weighted by atomic mass is 35.5. The quantitative estimate of drug-likeness (QED) is 0.336. The summed E-state index contributed by atoms with van der Waals surface area (Å²) < 4.78 is 13.5. The Hall–Kier alpha value is -2.71. The molecule has 0 saturated carbocycles. The predicted molar refractivity (Wildman–Crippen MR) is 143 cm³/mol. The summed E-state index contributed by atoms with van der Waals surface area (Å²) in [6.07, 6.45) is 1.91. The molecule has 1 fully saturated rings. The first kappa shape index (κ1) is 26.9. The third kappa shape index (κ3) is 6.49. The maximum absolute atomic E-state index is 6.30. The summed E-state index contributed by atoms with van der Waals surface area (Å²) in [6.45, 7) is 6.20. The van der Waals surface area contributed by atoms with Gasteiger partial charge in [-0.2, -0.15) is 5.10 Å². The van der Waals surface area contributed by atoms with Crippen LogP contribution in [-0.4, -0.2) is 46.1 Å². The Morgan fingerprint density at radius 2 is 1.80 bits per heavy atom. The molecular weight excluding hydrogens is 509 g/mol. The number of aryl methyl sites for hydroxylation is 1. The molecule has 2 aromatic carbocycles. The van der Waals surface area contributed by atoms with Gasteiger partial charge < -0.3 is 19.4 Å². The zero-order chi connectivity index (χ0) is 22.6. The second-order valence-corrected chi connectivity index (χ2v) is 8.50. The fourth-order valence-corrected chi connectivity index (χ4v) is 4.08. The average molecular weight is 537 g/mol. The van der Waals surface area contributed by atoms with Crippen LogP contribution in [0.15, 0.2) is 60.8 Å². The van der Waals surface area contributed by atoms with Crippen LogP contribution in [0.25, 0.3) is 11.4 Å². The first-order chi connectivity index (χ1) is 16.2. The van der Waals surface area contributed by atoms with Crippen molar-refractivity contribution in [3.8, 4) is 17.1 Å².